The van der Waals surface area contributed by atoms with Gasteiger partial charge >= 0.3 is 0 Å². The number of hydrogen-bond donors (Lipinski definition) is 1. The van der Waals surface area contributed by atoms with Gasteiger partial charge in [-0.25, -0.2) is 0 Å². The third-order valence-corrected chi connectivity index (χ3v) is 22.2. The molecule has 0 spiro atoms. The number of fused-ring (bicyclic) bond motifs is 7. The SMILES string of the molecule is CC(C)C1C=CCC2OCCNC21.CC(C)C1CCCc2ccccc21.CC(C)C1CCCc2cccnc21.CC(C)C1CCCc2ccncc21.CC(C)C1CCc2ccccc2C1.CC(C)C1CCc2cccnc2C1.CC(C)C1CCc2ccncc2C1.CCC.CCC.CCC.CCC.CCC.CCC.CCC. The van der Waals surface area contributed by atoms with Crippen LogP contribution in [0.15, 0.2) is 134 Å². The highest BCUT2D eigenvalue weighted by Crippen LogP contribution is 2.39. The monoisotopic (exact) mass is 1540 g/mol. The van der Waals surface area contributed by atoms with Crippen molar-refractivity contribution in [3.8, 4) is 0 Å². The molecule has 1 N–H and O–H groups in total. The van der Waals surface area contributed by atoms with Gasteiger partial charge in [0.2, 0.25) is 0 Å². The lowest BCUT2D eigenvalue weighted by atomic mass is 9.77. The molecule has 6 aromatic rings. The summed E-state index contributed by atoms with van der Waals surface area (Å²) in [7, 11) is 0. The molecule has 1 fully saturated rings. The molecule has 9 unspecified atom stereocenters. The van der Waals surface area contributed by atoms with Crippen LogP contribution in [0.1, 0.15) is 388 Å². The van der Waals surface area contributed by atoms with E-state index in [0.717, 1.165) is 84.7 Å². The van der Waals surface area contributed by atoms with E-state index in [1.165, 1.54) is 205 Å². The van der Waals surface area contributed by atoms with Crippen molar-refractivity contribution in [3.05, 3.63) is 201 Å². The van der Waals surface area contributed by atoms with Crippen molar-refractivity contribution < 1.29 is 4.74 Å². The first-order valence-electron chi connectivity index (χ1n) is 46.7. The molecule has 0 radical (unpaired) electrons. The van der Waals surface area contributed by atoms with E-state index in [-0.39, 0.29) is 0 Å². The average Bonchev–Trinajstić information content (AvgIpc) is 1.40. The molecule has 112 heavy (non-hydrogen) atoms. The van der Waals surface area contributed by atoms with Gasteiger partial charge in [0.05, 0.1) is 12.7 Å². The molecule has 8 aliphatic rings. The molecule has 1 aliphatic heterocycles. The van der Waals surface area contributed by atoms with Crippen LogP contribution in [0, 0.1) is 65.1 Å². The molecule has 4 aromatic heterocycles. The summed E-state index contributed by atoms with van der Waals surface area (Å²) in [5.74, 6) is 11.0. The first kappa shape index (κ1) is 105. The summed E-state index contributed by atoms with van der Waals surface area (Å²) in [6, 6.07) is 31.3. The molecule has 2 aromatic carbocycles. The van der Waals surface area contributed by atoms with E-state index < -0.39 is 0 Å². The molecular weight excluding hydrogens is 1360 g/mol. The molecular formula is C106H179N5O. The maximum Gasteiger partial charge on any atom is 0.0768 e. The topological polar surface area (TPSA) is 72.8 Å². The van der Waals surface area contributed by atoms with Crippen LogP contribution >= 0.6 is 0 Å². The fraction of sp³-hybridized carbons (Fsp3) is 0.679. The van der Waals surface area contributed by atoms with E-state index >= 15 is 0 Å². The van der Waals surface area contributed by atoms with Crippen molar-refractivity contribution in [3.63, 3.8) is 0 Å². The number of nitrogens with one attached hydrogen (secondary N) is 1. The maximum absolute atomic E-state index is 5.75. The van der Waals surface area contributed by atoms with Gasteiger partial charge in [0, 0.05) is 67.1 Å². The van der Waals surface area contributed by atoms with Crippen LogP contribution in [-0.4, -0.2) is 45.2 Å². The van der Waals surface area contributed by atoms with Gasteiger partial charge in [-0.1, -0.05) is 312 Å². The third-order valence-electron chi connectivity index (χ3n) is 22.2. The minimum absolute atomic E-state index is 0.422. The molecule has 5 heterocycles. The normalized spacial score (nSPS) is 20.7. The highest BCUT2D eigenvalue weighted by molar-refractivity contribution is 5.34. The summed E-state index contributed by atoms with van der Waals surface area (Å²) in [5.41, 5.74) is 18.1. The first-order chi connectivity index (χ1) is 53.9. The van der Waals surface area contributed by atoms with E-state index in [1.807, 2.05) is 31.0 Å². The fourth-order valence-corrected chi connectivity index (χ4v) is 16.1. The summed E-state index contributed by atoms with van der Waals surface area (Å²) in [6.45, 7) is 64.1. The van der Waals surface area contributed by atoms with Gasteiger partial charge in [-0.05, 0) is 279 Å². The second kappa shape index (κ2) is 63.9. The number of pyridine rings is 4. The molecule has 0 amide bonds. The Morgan fingerprint density at radius 1 is 0.357 bits per heavy atom. The van der Waals surface area contributed by atoms with E-state index in [2.05, 4.69) is 322 Å². The van der Waals surface area contributed by atoms with Crippen LogP contribution < -0.4 is 5.32 Å². The number of aryl methyl sites for hydroxylation is 6. The minimum Gasteiger partial charge on any atom is -0.375 e. The zero-order chi connectivity index (χ0) is 83.8. The van der Waals surface area contributed by atoms with Gasteiger partial charge in [-0.2, -0.15) is 0 Å². The summed E-state index contributed by atoms with van der Waals surface area (Å²) in [5, 5.41) is 3.58. The standard InChI is InChI=1S/2C13H18.4C12H17N.C11H19NO.7C3H8/c1-10(2)12-9-5-7-11-6-3-4-8-13(11)12;1-10(2)12-8-7-11-5-3-4-6-13(11)9-12;1-9(2)11-7-3-5-10-6-4-8-13-12(10)11;1-9(2)11-4-3-10-5-6-13-8-12(10)7-11;1-9(2)11-6-5-10-4-3-7-13-12(10)8-11;1-9(2)11-5-3-4-10-6-7-13-8-12(10)11;1-8(2)9-4-3-5-10-11(9)12-6-7-13-10;7*1-3-2/h3-4,6,8,10,12H,5,7,9H2,1-2H3;3-6,10,12H,7-9H2,1-2H3;4,6,8-9,11H,3,5,7H2,1-2H3;5-6,8-9,11H,3-4,7H2,1-2H3;3-4,7,9,11H,5-6,8H2,1-2H3;6-9,11H,3-5H2,1-2H3;3-4,8-12H,5-7H2,1-2H3;7*3H2,1-2H3. The van der Waals surface area contributed by atoms with Crippen LogP contribution in [0.2, 0.25) is 0 Å². The van der Waals surface area contributed by atoms with E-state index in [0.29, 0.717) is 29.9 Å². The smallest absolute Gasteiger partial charge is 0.0768 e. The molecule has 634 valence electrons. The van der Waals surface area contributed by atoms with Crippen molar-refractivity contribution in [1.29, 1.82) is 0 Å². The Bertz CT molecular complexity index is 2920. The zero-order valence-electron chi connectivity index (χ0n) is 78.4. The molecule has 0 saturated carbocycles. The van der Waals surface area contributed by atoms with Crippen LogP contribution in [-0.2, 0) is 62.5 Å². The molecule has 1 saturated heterocycles. The molecule has 9 atom stereocenters. The summed E-state index contributed by atoms with van der Waals surface area (Å²) >= 11 is 0. The molecule has 0 bridgehead atoms. The first-order valence-corrected chi connectivity index (χ1v) is 46.7. The van der Waals surface area contributed by atoms with Gasteiger partial charge in [-0.15, -0.1) is 0 Å². The van der Waals surface area contributed by atoms with Gasteiger partial charge in [0.15, 0.2) is 0 Å². The highest BCUT2D eigenvalue weighted by Gasteiger charge is 2.35. The largest absolute Gasteiger partial charge is 0.375 e. The Kier molecular flexibility index (Phi) is 59.7. The minimum atomic E-state index is 0.422. The van der Waals surface area contributed by atoms with Gasteiger partial charge in [0.1, 0.15) is 0 Å². The van der Waals surface area contributed by atoms with Gasteiger partial charge < -0.3 is 10.1 Å². The van der Waals surface area contributed by atoms with Crippen LogP contribution in [0.5, 0.6) is 0 Å². The molecule has 14 rings (SSSR count). The van der Waals surface area contributed by atoms with E-state index in [1.54, 1.807) is 22.3 Å². The fourth-order valence-electron chi connectivity index (χ4n) is 16.1. The number of aromatic nitrogens is 4. The molecule has 6 nitrogen and oxygen atoms in total. The lowest BCUT2D eigenvalue weighted by Gasteiger charge is -2.40. The van der Waals surface area contributed by atoms with Crippen LogP contribution in [0.25, 0.3) is 0 Å². The summed E-state index contributed by atoms with van der Waals surface area (Å²) < 4.78 is 5.75. The highest BCUT2D eigenvalue weighted by atomic mass is 16.5. The summed E-state index contributed by atoms with van der Waals surface area (Å²) in [6.07, 6.45) is 50.1. The van der Waals surface area contributed by atoms with Crippen molar-refractivity contribution in [2.24, 2.45) is 65.1 Å². The number of hydrogen-bond acceptors (Lipinski definition) is 6. The number of morpholine rings is 1. The second-order valence-electron chi connectivity index (χ2n) is 35.6. The van der Waals surface area contributed by atoms with Gasteiger partial charge in [-0.3, -0.25) is 19.9 Å². The third kappa shape index (κ3) is 40.5. The summed E-state index contributed by atoms with van der Waals surface area (Å²) in [4.78, 5) is 17.4. The lowest BCUT2D eigenvalue weighted by molar-refractivity contribution is -0.0228. The number of benzene rings is 2. The van der Waals surface area contributed by atoms with Crippen molar-refractivity contribution >= 4 is 0 Å². The predicted molar refractivity (Wildman–Crippen MR) is 498 cm³/mol. The van der Waals surface area contributed by atoms with Crippen LogP contribution in [0.4, 0.5) is 0 Å². The quantitative estimate of drug-likeness (QED) is 0.161. The molecule has 6 heteroatoms. The van der Waals surface area contributed by atoms with E-state index in [4.69, 9.17) is 4.74 Å². The van der Waals surface area contributed by atoms with Gasteiger partial charge in [0.25, 0.3) is 0 Å². The molecule has 7 aliphatic carbocycles. The predicted octanol–water partition coefficient (Wildman–Crippen LogP) is 30.7. The average molecular weight is 1540 g/mol. The Morgan fingerprint density at radius 2 is 0.759 bits per heavy atom. The lowest BCUT2D eigenvalue weighted by Crippen LogP contribution is -2.54. The zero-order valence-corrected chi connectivity index (χ0v) is 78.4. The van der Waals surface area contributed by atoms with Crippen molar-refractivity contribution in [2.75, 3.05) is 13.2 Å². The van der Waals surface area contributed by atoms with E-state index in [9.17, 15) is 0 Å². The number of ether oxygens (including phenoxy) is 1. The Hall–Kier alpha value is -5.30. The number of nitrogens with zero attached hydrogens (tertiary/aromatic N) is 4. The van der Waals surface area contributed by atoms with Crippen molar-refractivity contribution in [1.82, 2.24) is 25.3 Å². The Labute approximate surface area is 696 Å². The number of rotatable bonds is 7. The Morgan fingerprint density at radius 3 is 1.28 bits per heavy atom. The second-order valence-corrected chi connectivity index (χ2v) is 35.6. The maximum atomic E-state index is 5.75. The van der Waals surface area contributed by atoms with Crippen molar-refractivity contribution in [2.45, 2.75) is 391 Å². The Balaban J connectivity index is 0.000000626. The van der Waals surface area contributed by atoms with Crippen LogP contribution in [0.3, 0.4) is 0 Å².